The number of hydrogen-bond donors (Lipinski definition) is 1. The average Bonchev–Trinajstić information content (AvgIpc) is 3.53. The van der Waals surface area contributed by atoms with Crippen molar-refractivity contribution in [3.63, 3.8) is 0 Å². The molecule has 0 unspecified atom stereocenters. The number of nitrogens with one attached hydrogen (secondary N) is 1. The largest absolute Gasteiger partial charge is 0.475 e. The molecule has 2 aliphatic rings. The lowest BCUT2D eigenvalue weighted by Crippen LogP contribution is -2.41. The molecule has 0 saturated carbocycles. The quantitative estimate of drug-likeness (QED) is 0.473. The summed E-state index contributed by atoms with van der Waals surface area (Å²) in [7, 11) is 3.37. The van der Waals surface area contributed by atoms with Crippen LogP contribution in [0.2, 0.25) is 0 Å². The Morgan fingerprint density at radius 2 is 2.03 bits per heavy atom. The average molecular weight is 478 g/mol. The van der Waals surface area contributed by atoms with E-state index >= 15 is 0 Å². The normalized spacial score (nSPS) is 20.0. The van der Waals surface area contributed by atoms with Crippen molar-refractivity contribution in [2.45, 2.75) is 18.6 Å². The van der Waals surface area contributed by atoms with Crippen molar-refractivity contribution in [1.29, 1.82) is 0 Å². The summed E-state index contributed by atoms with van der Waals surface area (Å²) in [4.78, 5) is 19.5. The summed E-state index contributed by atoms with van der Waals surface area (Å²) in [6.45, 7) is 1.14. The molecule has 4 bridgehead atoms. The summed E-state index contributed by atoms with van der Waals surface area (Å²) < 4.78 is 29.6. The van der Waals surface area contributed by atoms with Gasteiger partial charge in [0, 0.05) is 62.9 Å². The number of hydrogen-bond acceptors (Lipinski definition) is 7. The molecule has 2 atom stereocenters. The van der Waals surface area contributed by atoms with Gasteiger partial charge in [0.1, 0.15) is 18.5 Å². The van der Waals surface area contributed by atoms with Crippen LogP contribution in [0.15, 0.2) is 43.0 Å². The van der Waals surface area contributed by atoms with E-state index in [9.17, 15) is 9.18 Å². The van der Waals surface area contributed by atoms with E-state index in [0.29, 0.717) is 53.4 Å². The summed E-state index contributed by atoms with van der Waals surface area (Å²) in [6.07, 6.45) is 7.10. The Labute approximate surface area is 200 Å². The molecule has 1 saturated heterocycles. The topological polar surface area (TPSA) is 98.8 Å². The minimum absolute atomic E-state index is 0.0797. The van der Waals surface area contributed by atoms with E-state index < -0.39 is 6.10 Å². The fourth-order valence-corrected chi connectivity index (χ4v) is 4.80. The van der Waals surface area contributed by atoms with Crippen molar-refractivity contribution in [3.8, 4) is 28.1 Å². The lowest BCUT2D eigenvalue weighted by molar-refractivity contribution is -0.136. The molecule has 1 fully saturated rings. The second-order valence-corrected chi connectivity index (χ2v) is 8.80. The van der Waals surface area contributed by atoms with Crippen molar-refractivity contribution < 1.29 is 18.7 Å². The molecule has 35 heavy (non-hydrogen) atoms. The second kappa shape index (κ2) is 8.35. The number of aromatic nitrogens is 5. The SMILES string of the molecule is CO[C@@H]1C[C@H]2COc3nc4c(cnn4cc3-c3cnn(C)c3)-c3cc(F)cc(c3)NCCN2C1=O. The zero-order valence-corrected chi connectivity index (χ0v) is 19.3. The molecular formula is C24H24FN7O3. The molecule has 1 amide bonds. The van der Waals surface area contributed by atoms with Gasteiger partial charge in [0.15, 0.2) is 5.65 Å². The Hall–Kier alpha value is -3.99. The maximum absolute atomic E-state index is 14.5. The predicted octanol–water partition coefficient (Wildman–Crippen LogP) is 2.36. The van der Waals surface area contributed by atoms with Gasteiger partial charge in [0.2, 0.25) is 5.88 Å². The molecule has 10 nitrogen and oxygen atoms in total. The van der Waals surface area contributed by atoms with Gasteiger partial charge in [0.25, 0.3) is 5.91 Å². The van der Waals surface area contributed by atoms with Crippen LogP contribution in [0.5, 0.6) is 5.88 Å². The number of ether oxygens (including phenoxy) is 2. The molecule has 3 aromatic heterocycles. The molecule has 0 spiro atoms. The summed E-state index contributed by atoms with van der Waals surface area (Å²) in [5.74, 6) is -0.0642. The number of amides is 1. The van der Waals surface area contributed by atoms with E-state index in [1.807, 2.05) is 25.5 Å². The lowest BCUT2D eigenvalue weighted by atomic mass is 10.1. The first kappa shape index (κ1) is 21.5. The van der Waals surface area contributed by atoms with Crippen LogP contribution < -0.4 is 10.1 Å². The first-order valence-electron chi connectivity index (χ1n) is 11.4. The lowest BCUT2D eigenvalue weighted by Gasteiger charge is -2.25. The van der Waals surface area contributed by atoms with E-state index in [-0.39, 0.29) is 24.4 Å². The van der Waals surface area contributed by atoms with Gasteiger partial charge in [-0.05, 0) is 23.8 Å². The highest BCUT2D eigenvalue weighted by Gasteiger charge is 2.40. The van der Waals surface area contributed by atoms with Crippen molar-refractivity contribution in [2.75, 3.05) is 32.1 Å². The van der Waals surface area contributed by atoms with Crippen LogP contribution in [-0.2, 0) is 16.6 Å². The van der Waals surface area contributed by atoms with Gasteiger partial charge < -0.3 is 19.7 Å². The first-order valence-corrected chi connectivity index (χ1v) is 11.4. The molecular weight excluding hydrogens is 453 g/mol. The Bertz CT molecular complexity index is 1430. The Morgan fingerprint density at radius 3 is 2.83 bits per heavy atom. The third kappa shape index (κ3) is 3.77. The molecule has 0 radical (unpaired) electrons. The Morgan fingerprint density at radius 1 is 1.14 bits per heavy atom. The minimum atomic E-state index is -0.519. The first-order chi connectivity index (χ1) is 17.0. The third-order valence-electron chi connectivity index (χ3n) is 6.55. The molecule has 6 rings (SSSR count). The fourth-order valence-electron chi connectivity index (χ4n) is 4.80. The monoisotopic (exact) mass is 477 g/mol. The van der Waals surface area contributed by atoms with Gasteiger partial charge in [-0.1, -0.05) is 0 Å². The van der Waals surface area contributed by atoms with E-state index in [1.165, 1.54) is 19.2 Å². The van der Waals surface area contributed by atoms with E-state index in [0.717, 1.165) is 5.56 Å². The highest BCUT2D eigenvalue weighted by atomic mass is 19.1. The molecule has 180 valence electrons. The summed E-state index contributed by atoms with van der Waals surface area (Å²) >= 11 is 0. The number of carbonyl (C=O) groups is 1. The fraction of sp³-hybridized carbons (Fsp3) is 0.333. The maximum Gasteiger partial charge on any atom is 0.252 e. The van der Waals surface area contributed by atoms with E-state index in [1.54, 1.807) is 26.5 Å². The van der Waals surface area contributed by atoms with Crippen LogP contribution in [0.1, 0.15) is 6.42 Å². The zero-order chi connectivity index (χ0) is 24.1. The van der Waals surface area contributed by atoms with Crippen LogP contribution in [0.3, 0.4) is 0 Å². The van der Waals surface area contributed by atoms with Crippen LogP contribution >= 0.6 is 0 Å². The number of halogens is 1. The van der Waals surface area contributed by atoms with Crippen LogP contribution in [0, 0.1) is 5.82 Å². The number of fused-ring (bicyclic) bond motifs is 5. The van der Waals surface area contributed by atoms with Gasteiger partial charge in [0.05, 0.1) is 24.0 Å². The summed E-state index contributed by atoms with van der Waals surface area (Å²) in [5.41, 5.74) is 4.02. The highest BCUT2D eigenvalue weighted by molar-refractivity contribution is 5.84. The van der Waals surface area contributed by atoms with Crippen molar-refractivity contribution in [1.82, 2.24) is 29.3 Å². The number of benzene rings is 1. The Kier molecular flexibility index (Phi) is 5.14. The smallest absolute Gasteiger partial charge is 0.252 e. The van der Waals surface area contributed by atoms with E-state index in [2.05, 4.69) is 15.5 Å². The highest BCUT2D eigenvalue weighted by Crippen LogP contribution is 2.34. The van der Waals surface area contributed by atoms with Crippen LogP contribution in [0.4, 0.5) is 10.1 Å². The Balaban J connectivity index is 1.51. The van der Waals surface area contributed by atoms with Crippen molar-refractivity contribution >= 4 is 17.2 Å². The zero-order valence-electron chi connectivity index (χ0n) is 19.3. The molecule has 1 aromatic carbocycles. The second-order valence-electron chi connectivity index (χ2n) is 8.80. The number of methoxy groups -OCH3 is 1. The van der Waals surface area contributed by atoms with E-state index in [4.69, 9.17) is 14.5 Å². The van der Waals surface area contributed by atoms with Gasteiger partial charge in [-0.15, -0.1) is 0 Å². The minimum Gasteiger partial charge on any atom is -0.475 e. The van der Waals surface area contributed by atoms with Gasteiger partial charge in [-0.2, -0.15) is 15.2 Å². The van der Waals surface area contributed by atoms with Crippen molar-refractivity contribution in [3.05, 3.63) is 48.8 Å². The summed E-state index contributed by atoms with van der Waals surface area (Å²) in [5, 5.41) is 12.0. The molecule has 1 N–H and O–H groups in total. The van der Waals surface area contributed by atoms with Crippen LogP contribution in [0.25, 0.3) is 27.9 Å². The molecule has 5 heterocycles. The number of rotatable bonds is 2. The van der Waals surface area contributed by atoms with Crippen molar-refractivity contribution in [2.24, 2.45) is 7.05 Å². The molecule has 11 heteroatoms. The number of aryl methyl sites for hydroxylation is 1. The molecule has 2 aliphatic heterocycles. The number of nitrogens with zero attached hydrogens (tertiary/aromatic N) is 6. The summed E-state index contributed by atoms with van der Waals surface area (Å²) in [6, 6.07) is 4.55. The van der Waals surface area contributed by atoms with Gasteiger partial charge in [-0.25, -0.2) is 8.91 Å². The predicted molar refractivity (Wildman–Crippen MR) is 125 cm³/mol. The number of carbonyl (C=O) groups excluding carboxylic acids is 1. The van der Waals surface area contributed by atoms with Gasteiger partial charge in [-0.3, -0.25) is 9.48 Å². The molecule has 0 aliphatic carbocycles. The maximum atomic E-state index is 14.5. The van der Waals surface area contributed by atoms with Crippen LogP contribution in [-0.4, -0.2) is 74.1 Å². The standard InChI is InChI=1S/C24H24FN7O3/c1-30-11-15(9-27-30)20-12-32-22-19(10-28-32)14-5-16(25)7-17(6-14)26-3-4-31-18(13-35-23(20)29-22)8-21(34-2)24(31)33/h5-7,9-12,18,21,26H,3-4,8,13H2,1-2H3/t18-,21+/m0/s1. The van der Waals surface area contributed by atoms with Gasteiger partial charge >= 0.3 is 0 Å². The number of anilines is 1. The third-order valence-corrected chi connectivity index (χ3v) is 6.55. The molecule has 4 aromatic rings.